The normalized spacial score (nSPS) is 14.3. The Hall–Kier alpha value is -3.26. The Labute approximate surface area is 166 Å². The maximum atomic E-state index is 13.0. The third-order valence-corrected chi connectivity index (χ3v) is 4.98. The van der Waals surface area contributed by atoms with Gasteiger partial charge in [-0.05, 0) is 36.2 Å². The van der Waals surface area contributed by atoms with E-state index in [2.05, 4.69) is 9.88 Å². The molecule has 8 heteroatoms. The molecule has 1 aliphatic rings. The van der Waals surface area contributed by atoms with Crippen molar-refractivity contribution in [1.82, 2.24) is 9.38 Å². The van der Waals surface area contributed by atoms with Crippen LogP contribution in [0.15, 0.2) is 47.4 Å². The van der Waals surface area contributed by atoms with E-state index in [4.69, 9.17) is 4.74 Å². The van der Waals surface area contributed by atoms with E-state index >= 15 is 0 Å². The van der Waals surface area contributed by atoms with Gasteiger partial charge in [0.05, 0.1) is 18.9 Å². The molecule has 1 aliphatic heterocycles. The fourth-order valence-corrected chi connectivity index (χ4v) is 3.35. The van der Waals surface area contributed by atoms with Crippen LogP contribution in [0, 0.1) is 5.82 Å². The first-order valence-corrected chi connectivity index (χ1v) is 9.38. The number of carbonyl (C=O) groups excluding carboxylic acids is 1. The summed E-state index contributed by atoms with van der Waals surface area (Å²) in [6, 6.07) is 9.32. The second-order valence-corrected chi connectivity index (χ2v) is 6.88. The van der Waals surface area contributed by atoms with Crippen molar-refractivity contribution in [3.63, 3.8) is 0 Å². The van der Waals surface area contributed by atoms with E-state index in [1.807, 2.05) is 6.07 Å². The number of nitrogens with zero attached hydrogens (tertiary/aromatic N) is 3. The molecule has 7 nitrogen and oxygen atoms in total. The third-order valence-electron chi connectivity index (χ3n) is 4.98. The van der Waals surface area contributed by atoms with Crippen molar-refractivity contribution in [2.45, 2.75) is 12.8 Å². The van der Waals surface area contributed by atoms with Gasteiger partial charge in [-0.3, -0.25) is 14.0 Å². The minimum absolute atomic E-state index is 0.0493. The average molecular weight is 397 g/mol. The van der Waals surface area contributed by atoms with Crippen molar-refractivity contribution < 1.29 is 19.0 Å². The molecule has 0 spiro atoms. The van der Waals surface area contributed by atoms with Crippen LogP contribution in [-0.2, 0) is 11.2 Å². The summed E-state index contributed by atoms with van der Waals surface area (Å²) in [7, 11) is 0. The Bertz CT molecular complexity index is 1110. The lowest BCUT2D eigenvalue weighted by Gasteiger charge is -2.28. The maximum Gasteiger partial charge on any atom is 0.300 e. The number of aromatic nitrogens is 2. The Morgan fingerprint density at radius 1 is 1.14 bits per heavy atom. The van der Waals surface area contributed by atoms with Gasteiger partial charge in [0, 0.05) is 25.7 Å². The molecule has 0 unspecified atom stereocenters. The van der Waals surface area contributed by atoms with E-state index < -0.39 is 17.1 Å². The first kappa shape index (κ1) is 19.1. The molecule has 1 N–H and O–H groups in total. The number of rotatable bonds is 5. The molecular formula is C21H20FN3O4. The number of aromatic hydroxyl groups is 1. The highest BCUT2D eigenvalue weighted by molar-refractivity contribution is 5.97. The monoisotopic (exact) mass is 397 g/mol. The van der Waals surface area contributed by atoms with Crippen LogP contribution in [0.4, 0.5) is 10.1 Å². The molecule has 0 radical (unpaired) electrons. The fraction of sp³-hybridized carbons (Fsp3) is 0.286. The predicted molar refractivity (Wildman–Crippen MR) is 105 cm³/mol. The Morgan fingerprint density at radius 3 is 2.59 bits per heavy atom. The van der Waals surface area contributed by atoms with Crippen molar-refractivity contribution in [3.05, 3.63) is 70.0 Å². The van der Waals surface area contributed by atoms with Gasteiger partial charge in [0.1, 0.15) is 11.5 Å². The van der Waals surface area contributed by atoms with Crippen molar-refractivity contribution >= 4 is 17.1 Å². The van der Waals surface area contributed by atoms with Gasteiger partial charge in [-0.2, -0.15) is 0 Å². The number of halogens is 1. The minimum Gasteiger partial charge on any atom is -0.501 e. The number of Topliss-reactive ketones (excluding diaryl/α,β-unsaturated/α-hetero) is 1. The smallest absolute Gasteiger partial charge is 0.300 e. The molecule has 4 rings (SSSR count). The van der Waals surface area contributed by atoms with E-state index in [-0.39, 0.29) is 23.6 Å². The second-order valence-electron chi connectivity index (χ2n) is 6.88. The number of hydrogen-bond donors (Lipinski definition) is 1. The summed E-state index contributed by atoms with van der Waals surface area (Å²) in [5.41, 5.74) is 0.966. The molecule has 29 heavy (non-hydrogen) atoms. The standard InChI is InChI=1S/C21H20FN3O4/c22-15-4-1-14(2-5-15)3-7-17(26)19-20(27)21(28)25-13-16(6-8-18(25)23-19)24-9-11-29-12-10-24/h1-2,4-6,8,13,27H,3,7,9-12H2. The molecule has 2 aromatic heterocycles. The highest BCUT2D eigenvalue weighted by Gasteiger charge is 2.19. The highest BCUT2D eigenvalue weighted by Crippen LogP contribution is 2.19. The van der Waals surface area contributed by atoms with Gasteiger partial charge in [0.2, 0.25) is 5.75 Å². The Kier molecular flexibility index (Phi) is 5.26. The number of pyridine rings is 1. The minimum atomic E-state index is -0.685. The average Bonchev–Trinajstić information content (AvgIpc) is 2.76. The Balaban J connectivity index is 1.59. The van der Waals surface area contributed by atoms with Crippen molar-refractivity contribution in [2.75, 3.05) is 31.2 Å². The summed E-state index contributed by atoms with van der Waals surface area (Å²) >= 11 is 0. The lowest BCUT2D eigenvalue weighted by molar-refractivity contribution is 0.0975. The molecule has 1 saturated heterocycles. The third kappa shape index (κ3) is 3.97. The van der Waals surface area contributed by atoms with Crippen molar-refractivity contribution in [1.29, 1.82) is 0 Å². The zero-order valence-corrected chi connectivity index (χ0v) is 15.7. The van der Waals surface area contributed by atoms with Crippen molar-refractivity contribution in [3.8, 4) is 5.75 Å². The molecule has 0 amide bonds. The van der Waals surface area contributed by atoms with Gasteiger partial charge in [0.15, 0.2) is 11.5 Å². The zero-order chi connectivity index (χ0) is 20.4. The lowest BCUT2D eigenvalue weighted by Crippen LogP contribution is -2.36. The van der Waals surface area contributed by atoms with Crippen LogP contribution in [0.25, 0.3) is 5.65 Å². The van der Waals surface area contributed by atoms with Crippen LogP contribution < -0.4 is 10.5 Å². The Morgan fingerprint density at radius 2 is 1.86 bits per heavy atom. The molecule has 1 fully saturated rings. The largest absolute Gasteiger partial charge is 0.501 e. The molecule has 0 bridgehead atoms. The number of ketones is 1. The number of anilines is 1. The van der Waals surface area contributed by atoms with Crippen LogP contribution in [0.3, 0.4) is 0 Å². The first-order valence-electron chi connectivity index (χ1n) is 9.38. The number of aryl methyl sites for hydroxylation is 1. The second kappa shape index (κ2) is 8.00. The molecule has 0 aliphatic carbocycles. The number of fused-ring (bicyclic) bond motifs is 1. The highest BCUT2D eigenvalue weighted by atomic mass is 19.1. The SMILES string of the molecule is O=C(CCc1ccc(F)cc1)c1nc2ccc(N3CCOCC3)cn2c(=O)c1O. The molecule has 150 valence electrons. The van der Waals surface area contributed by atoms with Gasteiger partial charge in [-0.15, -0.1) is 0 Å². The number of hydrogen-bond acceptors (Lipinski definition) is 6. The fourth-order valence-electron chi connectivity index (χ4n) is 3.35. The summed E-state index contributed by atoms with van der Waals surface area (Å²) in [5.74, 6) is -1.45. The van der Waals surface area contributed by atoms with Gasteiger partial charge in [0.25, 0.3) is 0 Å². The van der Waals surface area contributed by atoms with E-state index in [9.17, 15) is 19.1 Å². The number of benzene rings is 1. The lowest BCUT2D eigenvalue weighted by atomic mass is 10.1. The van der Waals surface area contributed by atoms with Crippen LogP contribution in [-0.4, -0.2) is 46.6 Å². The van der Waals surface area contributed by atoms with E-state index in [1.165, 1.54) is 16.5 Å². The molecule has 3 heterocycles. The first-order chi connectivity index (χ1) is 14.0. The molecule has 3 aromatic rings. The van der Waals surface area contributed by atoms with Gasteiger partial charge in [-0.25, -0.2) is 9.37 Å². The van der Waals surface area contributed by atoms with Gasteiger partial charge >= 0.3 is 5.56 Å². The molecule has 0 atom stereocenters. The number of morpholine rings is 1. The maximum absolute atomic E-state index is 13.0. The molecule has 0 saturated carbocycles. The van der Waals surface area contributed by atoms with Crippen molar-refractivity contribution in [2.24, 2.45) is 0 Å². The van der Waals surface area contributed by atoms with E-state index in [0.29, 0.717) is 32.7 Å². The van der Waals surface area contributed by atoms with Crippen LogP contribution in [0.2, 0.25) is 0 Å². The van der Waals surface area contributed by atoms with Crippen LogP contribution in [0.1, 0.15) is 22.5 Å². The zero-order valence-electron chi connectivity index (χ0n) is 15.7. The van der Waals surface area contributed by atoms with Gasteiger partial charge in [-0.1, -0.05) is 12.1 Å². The summed E-state index contributed by atoms with van der Waals surface area (Å²) in [6.07, 6.45) is 2.02. The summed E-state index contributed by atoms with van der Waals surface area (Å²) in [5, 5.41) is 10.3. The predicted octanol–water partition coefficient (Wildman–Crippen LogP) is 2.19. The van der Waals surface area contributed by atoms with Crippen LogP contribution in [0.5, 0.6) is 5.75 Å². The summed E-state index contributed by atoms with van der Waals surface area (Å²) < 4.78 is 19.6. The topological polar surface area (TPSA) is 84.1 Å². The van der Waals surface area contributed by atoms with Crippen LogP contribution >= 0.6 is 0 Å². The molecule has 1 aromatic carbocycles. The number of ether oxygens (including phenoxy) is 1. The van der Waals surface area contributed by atoms with E-state index in [1.54, 1.807) is 24.4 Å². The van der Waals surface area contributed by atoms with E-state index in [0.717, 1.165) is 11.3 Å². The van der Waals surface area contributed by atoms with Gasteiger partial charge < -0.3 is 14.7 Å². The summed E-state index contributed by atoms with van der Waals surface area (Å²) in [6.45, 7) is 2.63. The quantitative estimate of drug-likeness (QED) is 0.665. The summed E-state index contributed by atoms with van der Waals surface area (Å²) in [4.78, 5) is 31.5. The number of carbonyl (C=O) groups is 1. The molecular weight excluding hydrogens is 377 g/mol.